The highest BCUT2D eigenvalue weighted by atomic mass is 32.1. The van der Waals surface area contributed by atoms with Crippen molar-refractivity contribution in [3.05, 3.63) is 45.9 Å². The number of nitrogens with one attached hydrogen (secondary N) is 2. The maximum Gasteiger partial charge on any atom is 0.191 e. The summed E-state index contributed by atoms with van der Waals surface area (Å²) in [5.41, 5.74) is 1.77. The molecule has 1 aromatic heterocycles. The SMILES string of the molecule is CCNC(=NCc1csc(C(C)C)n1)NCC(O)c1cccc(OC(C)C)c1. The number of thiazole rings is 1. The van der Waals surface area contributed by atoms with E-state index in [-0.39, 0.29) is 6.10 Å². The maximum absolute atomic E-state index is 10.5. The van der Waals surface area contributed by atoms with E-state index < -0.39 is 6.10 Å². The predicted molar refractivity (Wildman–Crippen MR) is 116 cm³/mol. The van der Waals surface area contributed by atoms with Gasteiger partial charge < -0.3 is 20.5 Å². The Morgan fingerprint density at radius 3 is 2.68 bits per heavy atom. The van der Waals surface area contributed by atoms with Gasteiger partial charge in [-0.1, -0.05) is 26.0 Å². The number of aliphatic imine (C=N–C) groups is 1. The first-order chi connectivity index (χ1) is 13.4. The molecule has 7 heteroatoms. The number of aromatic nitrogens is 1. The van der Waals surface area contributed by atoms with Crippen molar-refractivity contribution in [1.82, 2.24) is 15.6 Å². The maximum atomic E-state index is 10.5. The van der Waals surface area contributed by atoms with Crippen molar-refractivity contribution < 1.29 is 9.84 Å². The number of aliphatic hydroxyl groups is 1. The van der Waals surface area contributed by atoms with Crippen LogP contribution in [0.2, 0.25) is 0 Å². The molecule has 28 heavy (non-hydrogen) atoms. The van der Waals surface area contributed by atoms with Crippen LogP contribution in [0.5, 0.6) is 5.75 Å². The fourth-order valence-corrected chi connectivity index (χ4v) is 3.37. The summed E-state index contributed by atoms with van der Waals surface area (Å²) >= 11 is 1.67. The monoisotopic (exact) mass is 404 g/mol. The molecule has 1 atom stereocenters. The molecule has 0 aliphatic rings. The Balaban J connectivity index is 1.95. The van der Waals surface area contributed by atoms with Crippen LogP contribution in [0.1, 0.15) is 62.9 Å². The quantitative estimate of drug-likeness (QED) is 0.437. The van der Waals surface area contributed by atoms with Crippen molar-refractivity contribution in [3.63, 3.8) is 0 Å². The number of rotatable bonds is 9. The van der Waals surface area contributed by atoms with Crippen LogP contribution in [0.4, 0.5) is 0 Å². The van der Waals surface area contributed by atoms with Gasteiger partial charge in [-0.2, -0.15) is 0 Å². The van der Waals surface area contributed by atoms with Gasteiger partial charge in [0.15, 0.2) is 5.96 Å². The molecule has 0 bridgehead atoms. The van der Waals surface area contributed by atoms with Crippen LogP contribution < -0.4 is 15.4 Å². The third-order valence-electron chi connectivity index (χ3n) is 3.88. The van der Waals surface area contributed by atoms with Gasteiger partial charge in [-0.3, -0.25) is 0 Å². The Kier molecular flexibility index (Phi) is 8.73. The highest BCUT2D eigenvalue weighted by molar-refractivity contribution is 7.09. The summed E-state index contributed by atoms with van der Waals surface area (Å²) in [6.45, 7) is 11.9. The summed E-state index contributed by atoms with van der Waals surface area (Å²) in [4.78, 5) is 9.19. The second-order valence-corrected chi connectivity index (χ2v) is 8.05. The summed E-state index contributed by atoms with van der Waals surface area (Å²) in [6, 6.07) is 7.56. The third-order valence-corrected chi connectivity index (χ3v) is 5.08. The first-order valence-corrected chi connectivity index (χ1v) is 10.7. The number of benzene rings is 1. The fraction of sp³-hybridized carbons (Fsp3) is 0.524. The molecule has 2 rings (SSSR count). The summed E-state index contributed by atoms with van der Waals surface area (Å²) in [6.07, 6.45) is -0.564. The van der Waals surface area contributed by atoms with E-state index in [9.17, 15) is 5.11 Å². The van der Waals surface area contributed by atoms with E-state index in [0.717, 1.165) is 28.6 Å². The van der Waals surface area contributed by atoms with E-state index >= 15 is 0 Å². The summed E-state index contributed by atoms with van der Waals surface area (Å²) in [5, 5.41) is 20.1. The zero-order valence-electron chi connectivity index (χ0n) is 17.4. The van der Waals surface area contributed by atoms with Gasteiger partial charge in [0.1, 0.15) is 5.75 Å². The molecule has 1 unspecified atom stereocenters. The second-order valence-electron chi connectivity index (χ2n) is 7.16. The lowest BCUT2D eigenvalue weighted by Gasteiger charge is -2.17. The molecular weight excluding hydrogens is 372 g/mol. The molecule has 0 aliphatic carbocycles. The average molecular weight is 405 g/mol. The minimum atomic E-state index is -0.661. The van der Waals surface area contributed by atoms with Gasteiger partial charge in [0, 0.05) is 24.4 Å². The highest BCUT2D eigenvalue weighted by Gasteiger charge is 2.11. The Hall–Kier alpha value is -2.12. The van der Waals surface area contributed by atoms with E-state index in [1.165, 1.54) is 0 Å². The molecule has 0 amide bonds. The summed E-state index contributed by atoms with van der Waals surface area (Å²) in [7, 11) is 0. The molecule has 1 heterocycles. The number of hydrogen-bond acceptors (Lipinski definition) is 5. The van der Waals surface area contributed by atoms with Gasteiger partial charge in [-0.15, -0.1) is 11.3 Å². The standard InChI is InChI=1S/C21H32N4O2S/c1-6-22-21(23-11-17-13-28-20(25-17)14(2)3)24-12-19(26)16-8-7-9-18(10-16)27-15(4)5/h7-10,13-15,19,26H,6,11-12H2,1-5H3,(H2,22,23,24). The first-order valence-electron chi connectivity index (χ1n) is 9.80. The van der Waals surface area contributed by atoms with Gasteiger partial charge in [0.2, 0.25) is 0 Å². The van der Waals surface area contributed by atoms with Crippen LogP contribution in [0.25, 0.3) is 0 Å². The smallest absolute Gasteiger partial charge is 0.191 e. The molecule has 0 spiro atoms. The first kappa shape index (κ1) is 22.2. The summed E-state index contributed by atoms with van der Waals surface area (Å²) < 4.78 is 5.70. The Morgan fingerprint density at radius 2 is 2.04 bits per heavy atom. The van der Waals surface area contributed by atoms with Crippen molar-refractivity contribution >= 4 is 17.3 Å². The van der Waals surface area contributed by atoms with E-state index in [1.807, 2.05) is 45.0 Å². The lowest BCUT2D eigenvalue weighted by atomic mass is 10.1. The van der Waals surface area contributed by atoms with E-state index in [4.69, 9.17) is 4.74 Å². The second kappa shape index (κ2) is 11.0. The zero-order valence-corrected chi connectivity index (χ0v) is 18.2. The largest absolute Gasteiger partial charge is 0.491 e. The van der Waals surface area contributed by atoms with Gasteiger partial charge in [-0.05, 0) is 38.5 Å². The molecule has 0 radical (unpaired) electrons. The Bertz CT molecular complexity index is 758. The van der Waals surface area contributed by atoms with Gasteiger partial charge >= 0.3 is 0 Å². The average Bonchev–Trinajstić information content (AvgIpc) is 3.13. The molecule has 0 fully saturated rings. The van der Waals surface area contributed by atoms with Crippen LogP contribution in [-0.4, -0.2) is 35.2 Å². The molecule has 154 valence electrons. The Morgan fingerprint density at radius 1 is 1.25 bits per heavy atom. The number of guanidine groups is 1. The van der Waals surface area contributed by atoms with Gasteiger partial charge in [0.25, 0.3) is 0 Å². The molecule has 0 saturated carbocycles. The molecule has 0 aliphatic heterocycles. The van der Waals surface area contributed by atoms with Crippen LogP contribution in [0, 0.1) is 0 Å². The van der Waals surface area contributed by atoms with Crippen molar-refractivity contribution in [1.29, 1.82) is 0 Å². The highest BCUT2D eigenvalue weighted by Crippen LogP contribution is 2.20. The normalized spacial score (nSPS) is 13.1. The number of hydrogen-bond donors (Lipinski definition) is 3. The minimum absolute atomic E-state index is 0.0972. The van der Waals surface area contributed by atoms with Crippen LogP contribution >= 0.6 is 11.3 Å². The third kappa shape index (κ3) is 7.13. The predicted octanol–water partition coefficient (Wildman–Crippen LogP) is 3.84. The number of aliphatic hydroxyl groups excluding tert-OH is 1. The van der Waals surface area contributed by atoms with Crippen LogP contribution in [0.15, 0.2) is 34.6 Å². The number of ether oxygens (including phenoxy) is 1. The van der Waals surface area contributed by atoms with Crippen molar-refractivity contribution in [2.45, 2.75) is 59.3 Å². The van der Waals surface area contributed by atoms with Gasteiger partial charge in [-0.25, -0.2) is 9.98 Å². The van der Waals surface area contributed by atoms with E-state index in [0.29, 0.717) is 25.0 Å². The van der Waals surface area contributed by atoms with Crippen LogP contribution in [-0.2, 0) is 6.54 Å². The molecule has 3 N–H and O–H groups in total. The van der Waals surface area contributed by atoms with Crippen LogP contribution in [0.3, 0.4) is 0 Å². The van der Waals surface area contributed by atoms with E-state index in [2.05, 4.69) is 39.8 Å². The topological polar surface area (TPSA) is 78.8 Å². The molecular formula is C21H32N4O2S. The molecule has 1 aromatic carbocycles. The minimum Gasteiger partial charge on any atom is -0.491 e. The molecule has 2 aromatic rings. The lowest BCUT2D eigenvalue weighted by Crippen LogP contribution is -2.39. The Labute approximate surface area is 172 Å². The molecule has 0 saturated heterocycles. The van der Waals surface area contributed by atoms with E-state index in [1.54, 1.807) is 11.3 Å². The van der Waals surface area contributed by atoms with Crippen molar-refractivity contribution in [2.24, 2.45) is 4.99 Å². The van der Waals surface area contributed by atoms with Crippen molar-refractivity contribution in [3.8, 4) is 5.75 Å². The van der Waals surface area contributed by atoms with Crippen molar-refractivity contribution in [2.75, 3.05) is 13.1 Å². The zero-order chi connectivity index (χ0) is 20.5. The lowest BCUT2D eigenvalue weighted by molar-refractivity contribution is 0.179. The number of nitrogens with zero attached hydrogens (tertiary/aromatic N) is 2. The van der Waals surface area contributed by atoms with Gasteiger partial charge in [0.05, 0.1) is 29.5 Å². The fourth-order valence-electron chi connectivity index (χ4n) is 2.54. The summed E-state index contributed by atoms with van der Waals surface area (Å²) in [5.74, 6) is 1.85. The molecule has 6 nitrogen and oxygen atoms in total.